The number of rotatable bonds is 3. The zero-order chi connectivity index (χ0) is 20.0. The van der Waals surface area contributed by atoms with E-state index in [4.69, 9.17) is 4.74 Å². The van der Waals surface area contributed by atoms with Gasteiger partial charge < -0.3 is 15.2 Å². The van der Waals surface area contributed by atoms with Gasteiger partial charge in [0.1, 0.15) is 11.5 Å². The van der Waals surface area contributed by atoms with E-state index in [1.807, 2.05) is 85.8 Å². The van der Waals surface area contributed by atoms with Crippen LogP contribution in [-0.2, 0) is 0 Å². The van der Waals surface area contributed by atoms with Crippen LogP contribution >= 0.6 is 0 Å². The fourth-order valence-corrected chi connectivity index (χ4v) is 3.91. The van der Waals surface area contributed by atoms with E-state index in [1.54, 1.807) is 0 Å². The van der Waals surface area contributed by atoms with Crippen molar-refractivity contribution in [2.45, 2.75) is 13.2 Å². The molecule has 4 aromatic carbocycles. The number of Topliss-reactive ketones (excluding diaryl/α,β-unsaturated/α-hetero) is 1. The number of aromatic hydroxyl groups is 1. The van der Waals surface area contributed by atoms with Crippen molar-refractivity contribution in [1.29, 1.82) is 0 Å². The molecule has 1 aliphatic rings. The molecule has 1 atom stereocenters. The minimum atomic E-state index is -0.848. The quantitative estimate of drug-likeness (QED) is 0.490. The topological polar surface area (TPSA) is 58.6 Å². The third-order valence-electron chi connectivity index (χ3n) is 5.36. The number of ether oxygens (including phenoxy) is 1. The van der Waals surface area contributed by atoms with E-state index in [1.165, 1.54) is 0 Å². The van der Waals surface area contributed by atoms with Crippen LogP contribution in [0.4, 0.5) is 5.69 Å². The number of hydrogen-bond donors (Lipinski definition) is 2. The molecular weight excluding hydrogens is 362 g/mol. The number of fused-ring (bicyclic) bond motifs is 3. The molecule has 4 nitrogen and oxygen atoms in total. The molecule has 0 aromatic heterocycles. The fourth-order valence-electron chi connectivity index (χ4n) is 3.91. The molecule has 1 unspecified atom stereocenters. The number of phenolic OH excluding ortho intramolecular Hbond substituents is 1. The van der Waals surface area contributed by atoms with Crippen LogP contribution < -0.4 is 10.1 Å². The molecule has 0 saturated carbocycles. The molecule has 29 heavy (non-hydrogen) atoms. The van der Waals surface area contributed by atoms with Crippen molar-refractivity contribution in [1.82, 2.24) is 0 Å². The van der Waals surface area contributed by atoms with Gasteiger partial charge >= 0.3 is 0 Å². The van der Waals surface area contributed by atoms with Gasteiger partial charge in [-0.1, -0.05) is 72.8 Å². The number of ketones is 1. The summed E-state index contributed by atoms with van der Waals surface area (Å²) >= 11 is 0. The summed E-state index contributed by atoms with van der Waals surface area (Å²) in [5.41, 5.74) is 3.57. The minimum absolute atomic E-state index is 0.0963. The van der Waals surface area contributed by atoms with E-state index < -0.39 is 6.23 Å². The molecule has 0 radical (unpaired) electrons. The highest BCUT2D eigenvalue weighted by atomic mass is 16.5. The van der Waals surface area contributed by atoms with E-state index in [-0.39, 0.29) is 11.5 Å². The van der Waals surface area contributed by atoms with Gasteiger partial charge in [-0.25, -0.2) is 0 Å². The number of aryl methyl sites for hydroxylation is 1. The zero-order valence-corrected chi connectivity index (χ0v) is 15.8. The minimum Gasteiger partial charge on any atom is -0.507 e. The van der Waals surface area contributed by atoms with E-state index in [0.717, 1.165) is 22.2 Å². The Morgan fingerprint density at radius 3 is 2.24 bits per heavy atom. The van der Waals surface area contributed by atoms with Crippen LogP contribution in [0, 0.1) is 6.92 Å². The summed E-state index contributed by atoms with van der Waals surface area (Å²) in [6.45, 7) is 1.98. The highest BCUT2D eigenvalue weighted by Gasteiger charge is 2.38. The Labute approximate surface area is 168 Å². The van der Waals surface area contributed by atoms with Crippen molar-refractivity contribution in [3.63, 3.8) is 0 Å². The number of para-hydroxylation sites is 1. The lowest BCUT2D eigenvalue weighted by atomic mass is 9.91. The Bertz CT molecular complexity index is 1250. The van der Waals surface area contributed by atoms with Crippen LogP contribution in [-0.4, -0.2) is 17.1 Å². The van der Waals surface area contributed by atoms with Crippen LogP contribution in [0.5, 0.6) is 11.5 Å². The van der Waals surface area contributed by atoms with Gasteiger partial charge in [0.2, 0.25) is 12.0 Å². The third-order valence-corrected chi connectivity index (χ3v) is 5.36. The molecule has 1 heterocycles. The number of carbonyl (C=O) groups excluding carboxylic acids is 1. The predicted octanol–water partition coefficient (Wildman–Crippen LogP) is 5.53. The number of benzene rings is 4. The second-order valence-electron chi connectivity index (χ2n) is 7.16. The van der Waals surface area contributed by atoms with Crippen molar-refractivity contribution in [2.75, 3.05) is 5.32 Å². The summed E-state index contributed by atoms with van der Waals surface area (Å²) < 4.78 is 6.14. The van der Waals surface area contributed by atoms with Gasteiger partial charge in [-0.15, -0.1) is 0 Å². The highest BCUT2D eigenvalue weighted by molar-refractivity contribution is 6.18. The normalized spacial score (nSPS) is 15.2. The number of hydrogen-bond acceptors (Lipinski definition) is 4. The number of nitrogens with one attached hydrogen (secondary N) is 1. The molecule has 5 rings (SSSR count). The molecule has 4 heteroatoms. The summed E-state index contributed by atoms with van der Waals surface area (Å²) in [6.07, 6.45) is -0.848. The Morgan fingerprint density at radius 2 is 1.48 bits per heavy atom. The van der Waals surface area contributed by atoms with Crippen molar-refractivity contribution in [3.05, 3.63) is 90.0 Å². The first kappa shape index (κ1) is 17.3. The number of phenols is 1. The van der Waals surface area contributed by atoms with E-state index in [9.17, 15) is 9.90 Å². The first-order valence-corrected chi connectivity index (χ1v) is 9.51. The number of anilines is 1. The predicted molar refractivity (Wildman–Crippen MR) is 115 cm³/mol. The van der Waals surface area contributed by atoms with Gasteiger partial charge in [-0.3, -0.25) is 4.79 Å². The van der Waals surface area contributed by atoms with E-state index >= 15 is 0 Å². The second-order valence-corrected chi connectivity index (χ2v) is 7.16. The lowest BCUT2D eigenvalue weighted by molar-refractivity contribution is 0.0889. The molecule has 4 aromatic rings. The van der Waals surface area contributed by atoms with Gasteiger partial charge in [-0.2, -0.15) is 0 Å². The van der Waals surface area contributed by atoms with Gasteiger partial charge in [0.05, 0.1) is 5.56 Å². The monoisotopic (exact) mass is 381 g/mol. The first-order chi connectivity index (χ1) is 14.1. The molecule has 0 amide bonds. The molecule has 142 valence electrons. The standard InChI is InChI=1S/C25H19NO3/c1-15-9-5-8-14-19(15)26-25-23(28)21-20(16-10-3-2-4-11-16)22(27)17-12-6-7-13-18(17)24(21)29-25/h2-14,25-27H,1H3. The van der Waals surface area contributed by atoms with Crippen molar-refractivity contribution in [3.8, 4) is 22.6 Å². The SMILES string of the molecule is Cc1ccccc1NC1Oc2c(c(-c3ccccc3)c(O)c3ccccc23)C1=O. The summed E-state index contributed by atoms with van der Waals surface area (Å²) in [6, 6.07) is 24.7. The molecule has 2 N–H and O–H groups in total. The van der Waals surface area contributed by atoms with Gasteiger partial charge in [0, 0.05) is 22.0 Å². The van der Waals surface area contributed by atoms with Gasteiger partial charge in [-0.05, 0) is 24.1 Å². The maximum Gasteiger partial charge on any atom is 0.234 e. The molecule has 1 aliphatic heterocycles. The maximum atomic E-state index is 13.4. The molecule has 0 fully saturated rings. The summed E-state index contributed by atoms with van der Waals surface area (Å²) in [5.74, 6) is 0.413. The summed E-state index contributed by atoms with van der Waals surface area (Å²) in [5, 5.41) is 15.7. The van der Waals surface area contributed by atoms with Crippen LogP contribution in [0.3, 0.4) is 0 Å². The summed E-state index contributed by atoms with van der Waals surface area (Å²) in [4.78, 5) is 13.4. The molecule has 0 saturated heterocycles. The lowest BCUT2D eigenvalue weighted by Crippen LogP contribution is -2.30. The van der Waals surface area contributed by atoms with Crippen LogP contribution in [0.2, 0.25) is 0 Å². The molecule has 0 bridgehead atoms. The van der Waals surface area contributed by atoms with Crippen LogP contribution in [0.15, 0.2) is 78.9 Å². The smallest absolute Gasteiger partial charge is 0.234 e. The third kappa shape index (κ3) is 2.72. The average molecular weight is 381 g/mol. The second kappa shape index (κ2) is 6.67. The van der Waals surface area contributed by atoms with Crippen molar-refractivity contribution < 1.29 is 14.6 Å². The van der Waals surface area contributed by atoms with E-state index in [2.05, 4.69) is 5.32 Å². The van der Waals surface area contributed by atoms with Crippen molar-refractivity contribution in [2.24, 2.45) is 0 Å². The van der Waals surface area contributed by atoms with Crippen LogP contribution in [0.1, 0.15) is 15.9 Å². The molecule has 0 aliphatic carbocycles. The van der Waals surface area contributed by atoms with Crippen LogP contribution in [0.25, 0.3) is 21.9 Å². The maximum absolute atomic E-state index is 13.4. The highest BCUT2D eigenvalue weighted by Crippen LogP contribution is 2.48. The fraction of sp³-hybridized carbons (Fsp3) is 0.0800. The lowest BCUT2D eigenvalue weighted by Gasteiger charge is -2.15. The largest absolute Gasteiger partial charge is 0.507 e. The molecular formula is C25H19NO3. The molecule has 0 spiro atoms. The average Bonchev–Trinajstić information content (AvgIpc) is 3.07. The Kier molecular flexibility index (Phi) is 3.98. The van der Waals surface area contributed by atoms with Gasteiger partial charge in [0.15, 0.2) is 0 Å². The Balaban J connectivity index is 1.71. The number of carbonyl (C=O) groups is 1. The zero-order valence-electron chi connectivity index (χ0n) is 15.8. The first-order valence-electron chi connectivity index (χ1n) is 9.51. The van der Waals surface area contributed by atoms with E-state index in [0.29, 0.717) is 22.3 Å². The van der Waals surface area contributed by atoms with Crippen molar-refractivity contribution >= 4 is 22.2 Å². The Hall–Kier alpha value is -3.79. The summed E-state index contributed by atoms with van der Waals surface area (Å²) in [7, 11) is 0. The van der Waals surface area contributed by atoms with Gasteiger partial charge in [0.25, 0.3) is 0 Å². The Morgan fingerprint density at radius 1 is 0.828 bits per heavy atom.